The summed E-state index contributed by atoms with van der Waals surface area (Å²) in [6.07, 6.45) is 3.74. The van der Waals surface area contributed by atoms with Gasteiger partial charge in [0.25, 0.3) is 5.91 Å². The molecule has 0 radical (unpaired) electrons. The molecule has 28 heavy (non-hydrogen) atoms. The minimum absolute atomic E-state index is 0.0442. The van der Waals surface area contributed by atoms with Crippen LogP contribution in [0.2, 0.25) is 0 Å². The van der Waals surface area contributed by atoms with Gasteiger partial charge in [0, 0.05) is 30.8 Å². The Morgan fingerprint density at radius 1 is 1.14 bits per heavy atom. The molecule has 1 aromatic carbocycles. The highest BCUT2D eigenvalue weighted by molar-refractivity contribution is 7.17. The second-order valence-corrected chi connectivity index (χ2v) is 7.70. The molecule has 0 saturated heterocycles. The number of nitrogens with one attached hydrogen (secondary N) is 1. The summed E-state index contributed by atoms with van der Waals surface area (Å²) in [5.41, 5.74) is 4.83. The molecule has 0 spiro atoms. The van der Waals surface area contributed by atoms with E-state index in [1.807, 2.05) is 12.1 Å². The van der Waals surface area contributed by atoms with E-state index in [0.717, 1.165) is 23.3 Å². The molecule has 3 aromatic rings. The molecule has 0 aliphatic heterocycles. The quantitative estimate of drug-likeness (QED) is 0.618. The van der Waals surface area contributed by atoms with Crippen LogP contribution in [0.5, 0.6) is 5.88 Å². The van der Waals surface area contributed by atoms with Crippen molar-refractivity contribution in [2.75, 3.05) is 20.3 Å². The van der Waals surface area contributed by atoms with Crippen molar-refractivity contribution in [2.24, 2.45) is 0 Å². The van der Waals surface area contributed by atoms with E-state index in [-0.39, 0.29) is 5.91 Å². The van der Waals surface area contributed by atoms with Gasteiger partial charge in [-0.3, -0.25) is 4.79 Å². The number of fused-ring (bicyclic) bond motifs is 3. The van der Waals surface area contributed by atoms with E-state index in [4.69, 9.17) is 9.47 Å². The highest BCUT2D eigenvalue weighted by atomic mass is 32.1. The van der Waals surface area contributed by atoms with E-state index in [9.17, 15) is 4.79 Å². The molecular formula is C22H22N2O3S. The van der Waals surface area contributed by atoms with Crippen LogP contribution < -0.4 is 10.1 Å². The molecule has 5 nitrogen and oxygen atoms in total. The first-order valence-electron chi connectivity index (χ1n) is 9.30. The molecule has 2 aromatic heterocycles. The molecule has 0 bridgehead atoms. The molecule has 6 heteroatoms. The van der Waals surface area contributed by atoms with Crippen molar-refractivity contribution in [2.45, 2.75) is 19.4 Å². The first kappa shape index (κ1) is 18.7. The number of methoxy groups -OCH3 is 1. The number of amides is 1. The van der Waals surface area contributed by atoms with Gasteiger partial charge >= 0.3 is 0 Å². The molecule has 1 aliphatic carbocycles. The number of benzene rings is 1. The highest BCUT2D eigenvalue weighted by Crippen LogP contribution is 2.39. The van der Waals surface area contributed by atoms with Crippen molar-refractivity contribution in [3.63, 3.8) is 0 Å². The third kappa shape index (κ3) is 4.08. The number of nitrogens with zero attached hydrogens (tertiary/aromatic N) is 1. The van der Waals surface area contributed by atoms with Crippen molar-refractivity contribution in [3.8, 4) is 16.3 Å². The Kier molecular flexibility index (Phi) is 5.69. The molecule has 1 N–H and O–H groups in total. The Labute approximate surface area is 168 Å². The zero-order chi connectivity index (χ0) is 19.3. The van der Waals surface area contributed by atoms with Crippen molar-refractivity contribution in [3.05, 3.63) is 70.2 Å². The number of carbonyl (C=O) groups excluding carboxylic acids is 1. The summed E-state index contributed by atoms with van der Waals surface area (Å²) in [7, 11) is 1.63. The Morgan fingerprint density at radius 2 is 2.00 bits per heavy atom. The van der Waals surface area contributed by atoms with Gasteiger partial charge in [0.2, 0.25) is 5.88 Å². The predicted molar refractivity (Wildman–Crippen MR) is 110 cm³/mol. The predicted octanol–water partition coefficient (Wildman–Crippen LogP) is 3.86. The summed E-state index contributed by atoms with van der Waals surface area (Å²) in [6, 6.07) is 14.2. The van der Waals surface area contributed by atoms with E-state index >= 15 is 0 Å². The van der Waals surface area contributed by atoms with Gasteiger partial charge in [-0.25, -0.2) is 4.98 Å². The first-order valence-corrected chi connectivity index (χ1v) is 10.1. The normalized spacial score (nSPS) is 12.2. The Bertz CT molecular complexity index is 966. The molecule has 0 unspecified atom stereocenters. The fourth-order valence-corrected chi connectivity index (χ4v) is 4.47. The number of aromatic nitrogens is 1. The second kappa shape index (κ2) is 8.54. The number of pyridine rings is 1. The lowest BCUT2D eigenvalue weighted by Gasteiger charge is -2.15. The lowest BCUT2D eigenvalue weighted by atomic mass is 9.91. The van der Waals surface area contributed by atoms with Crippen LogP contribution in [0, 0.1) is 0 Å². The number of rotatable bonds is 7. The van der Waals surface area contributed by atoms with Crippen LogP contribution in [0.15, 0.2) is 48.7 Å². The second-order valence-electron chi connectivity index (χ2n) is 6.65. The third-order valence-corrected chi connectivity index (χ3v) is 5.96. The van der Waals surface area contributed by atoms with Gasteiger partial charge in [-0.1, -0.05) is 30.3 Å². The van der Waals surface area contributed by atoms with E-state index in [0.29, 0.717) is 25.6 Å². The maximum Gasteiger partial charge on any atom is 0.261 e. The number of ether oxygens (including phenoxy) is 2. The fraction of sp³-hybridized carbons (Fsp3) is 0.273. The molecule has 0 fully saturated rings. The van der Waals surface area contributed by atoms with E-state index in [2.05, 4.69) is 34.6 Å². The van der Waals surface area contributed by atoms with Crippen molar-refractivity contribution in [1.82, 2.24) is 10.3 Å². The summed E-state index contributed by atoms with van der Waals surface area (Å²) in [6.45, 7) is 1.42. The Hall–Kier alpha value is -2.70. The summed E-state index contributed by atoms with van der Waals surface area (Å²) in [4.78, 5) is 18.9. The average Bonchev–Trinajstić information content (AvgIpc) is 3.18. The van der Waals surface area contributed by atoms with Gasteiger partial charge < -0.3 is 14.8 Å². The molecule has 0 saturated carbocycles. The summed E-state index contributed by atoms with van der Waals surface area (Å²) in [5.74, 6) is 0.508. The largest absolute Gasteiger partial charge is 0.475 e. The van der Waals surface area contributed by atoms with E-state index in [1.54, 1.807) is 30.7 Å². The summed E-state index contributed by atoms with van der Waals surface area (Å²) < 4.78 is 10.4. The van der Waals surface area contributed by atoms with Gasteiger partial charge in [0.15, 0.2) is 0 Å². The van der Waals surface area contributed by atoms with Crippen LogP contribution in [-0.4, -0.2) is 31.2 Å². The highest BCUT2D eigenvalue weighted by Gasteiger charge is 2.21. The maximum absolute atomic E-state index is 12.6. The van der Waals surface area contributed by atoms with Crippen LogP contribution in [0.4, 0.5) is 0 Å². The third-order valence-electron chi connectivity index (χ3n) is 4.75. The Morgan fingerprint density at radius 3 is 2.82 bits per heavy atom. The molecule has 2 heterocycles. The fourth-order valence-electron chi connectivity index (χ4n) is 3.28. The lowest BCUT2D eigenvalue weighted by Crippen LogP contribution is -2.21. The van der Waals surface area contributed by atoms with Crippen molar-refractivity contribution in [1.29, 1.82) is 0 Å². The standard InChI is InChI=1S/C22H22N2O3S/c1-26-10-11-27-20-9-6-15(13-23-20)14-24-22(25)19-12-17-8-7-16-4-2-3-5-18(16)21(17)28-19/h2-6,9,12-13H,7-8,10-11,14H2,1H3,(H,24,25). The number of thiophene rings is 1. The zero-order valence-corrected chi connectivity index (χ0v) is 16.6. The Balaban J connectivity index is 1.38. The summed E-state index contributed by atoms with van der Waals surface area (Å²) in [5, 5.41) is 2.99. The van der Waals surface area contributed by atoms with E-state index < -0.39 is 0 Å². The van der Waals surface area contributed by atoms with Crippen molar-refractivity contribution < 1.29 is 14.3 Å². The molecule has 1 aliphatic rings. The number of carbonyl (C=O) groups is 1. The SMILES string of the molecule is COCCOc1ccc(CNC(=O)c2cc3c(s2)-c2ccccc2CC3)cn1. The van der Waals surface area contributed by atoms with E-state index in [1.165, 1.54) is 21.6 Å². The zero-order valence-electron chi connectivity index (χ0n) is 15.7. The van der Waals surface area contributed by atoms with Gasteiger partial charge in [0.05, 0.1) is 11.5 Å². The first-order chi connectivity index (χ1) is 13.7. The van der Waals surface area contributed by atoms with Gasteiger partial charge in [-0.2, -0.15) is 0 Å². The number of aryl methyl sites for hydroxylation is 2. The molecule has 4 rings (SSSR count). The monoisotopic (exact) mass is 394 g/mol. The molecule has 0 atom stereocenters. The van der Waals surface area contributed by atoms with Gasteiger partial charge in [-0.05, 0) is 41.2 Å². The number of hydrogen-bond acceptors (Lipinski definition) is 5. The van der Waals surface area contributed by atoms with Crippen LogP contribution in [0.1, 0.15) is 26.4 Å². The van der Waals surface area contributed by atoms with Gasteiger partial charge in [0.1, 0.15) is 6.61 Å². The topological polar surface area (TPSA) is 60.5 Å². The average molecular weight is 394 g/mol. The van der Waals surface area contributed by atoms with Crippen LogP contribution >= 0.6 is 11.3 Å². The van der Waals surface area contributed by atoms with Crippen LogP contribution in [0.25, 0.3) is 10.4 Å². The smallest absolute Gasteiger partial charge is 0.261 e. The minimum Gasteiger partial charge on any atom is -0.475 e. The minimum atomic E-state index is -0.0442. The van der Waals surface area contributed by atoms with Crippen molar-refractivity contribution >= 4 is 17.2 Å². The summed E-state index contributed by atoms with van der Waals surface area (Å²) >= 11 is 1.58. The molecular weight excluding hydrogens is 372 g/mol. The van der Waals surface area contributed by atoms with Gasteiger partial charge in [-0.15, -0.1) is 11.3 Å². The van der Waals surface area contributed by atoms with Crippen LogP contribution in [0.3, 0.4) is 0 Å². The molecule has 144 valence electrons. The lowest BCUT2D eigenvalue weighted by molar-refractivity contribution is 0.0955. The maximum atomic E-state index is 12.6. The number of hydrogen-bond donors (Lipinski definition) is 1. The van der Waals surface area contributed by atoms with Crippen LogP contribution in [-0.2, 0) is 24.1 Å². The molecule has 1 amide bonds.